The smallest absolute Gasteiger partial charge is 0.326 e. The molecule has 1 aromatic carbocycles. The van der Waals surface area contributed by atoms with Gasteiger partial charge in [0.2, 0.25) is 0 Å². The number of aliphatic carboxylic acids is 1. The number of hydrogen-bond donors (Lipinski definition) is 1. The van der Waals surface area contributed by atoms with Crippen molar-refractivity contribution < 1.29 is 14.7 Å². The molecule has 0 aromatic heterocycles. The molecular formula is C17H21NO3. The molecule has 2 unspecified atom stereocenters. The van der Waals surface area contributed by atoms with Crippen molar-refractivity contribution in [3.63, 3.8) is 0 Å². The van der Waals surface area contributed by atoms with Gasteiger partial charge in [-0.05, 0) is 61.3 Å². The van der Waals surface area contributed by atoms with Gasteiger partial charge in [0.1, 0.15) is 6.04 Å². The Morgan fingerprint density at radius 1 is 1.24 bits per heavy atom. The van der Waals surface area contributed by atoms with Crippen LogP contribution in [0.5, 0.6) is 0 Å². The first-order chi connectivity index (χ1) is 10.1. The van der Waals surface area contributed by atoms with E-state index < -0.39 is 12.0 Å². The van der Waals surface area contributed by atoms with Crippen molar-refractivity contribution in [3.8, 4) is 0 Å². The largest absolute Gasteiger partial charge is 0.480 e. The van der Waals surface area contributed by atoms with Gasteiger partial charge in [-0.1, -0.05) is 13.0 Å². The van der Waals surface area contributed by atoms with Gasteiger partial charge in [0.05, 0.1) is 0 Å². The van der Waals surface area contributed by atoms with Crippen LogP contribution in [0.25, 0.3) is 0 Å². The van der Waals surface area contributed by atoms with E-state index in [2.05, 4.69) is 0 Å². The summed E-state index contributed by atoms with van der Waals surface area (Å²) in [5.74, 6) is -0.671. The first kappa shape index (κ1) is 14.1. The molecule has 4 heteroatoms. The van der Waals surface area contributed by atoms with Crippen molar-refractivity contribution >= 4 is 11.9 Å². The molecule has 112 valence electrons. The molecular weight excluding hydrogens is 266 g/mol. The Kier molecular flexibility index (Phi) is 3.70. The second-order valence-electron chi connectivity index (χ2n) is 6.32. The average molecular weight is 287 g/mol. The number of aryl methyl sites for hydroxylation is 2. The second-order valence-corrected chi connectivity index (χ2v) is 6.32. The van der Waals surface area contributed by atoms with Gasteiger partial charge in [-0.15, -0.1) is 0 Å². The molecule has 1 saturated heterocycles. The van der Waals surface area contributed by atoms with Crippen molar-refractivity contribution in [2.75, 3.05) is 6.54 Å². The third-order valence-electron chi connectivity index (χ3n) is 4.76. The van der Waals surface area contributed by atoms with Crippen molar-refractivity contribution in [2.45, 2.75) is 45.1 Å². The van der Waals surface area contributed by atoms with Gasteiger partial charge in [-0.3, -0.25) is 4.79 Å². The Labute approximate surface area is 124 Å². The minimum absolute atomic E-state index is 0.135. The van der Waals surface area contributed by atoms with Crippen LogP contribution in [0.2, 0.25) is 0 Å². The van der Waals surface area contributed by atoms with E-state index >= 15 is 0 Å². The molecule has 1 aromatic rings. The highest BCUT2D eigenvalue weighted by Gasteiger charge is 2.35. The summed E-state index contributed by atoms with van der Waals surface area (Å²) in [7, 11) is 0. The van der Waals surface area contributed by atoms with Crippen LogP contribution in [0.15, 0.2) is 18.2 Å². The van der Waals surface area contributed by atoms with Gasteiger partial charge in [0, 0.05) is 12.1 Å². The summed E-state index contributed by atoms with van der Waals surface area (Å²) in [5, 5.41) is 9.38. The predicted molar refractivity (Wildman–Crippen MR) is 79.3 cm³/mol. The standard InChI is InChI=1S/C17H21NO3/c1-11-7-8-18(15(9-11)17(20)21)16(19)14-6-5-12-3-2-4-13(12)10-14/h5-6,10-11,15H,2-4,7-9H2,1H3,(H,20,21). The van der Waals surface area contributed by atoms with Gasteiger partial charge in [-0.25, -0.2) is 4.79 Å². The Bertz CT molecular complexity index is 581. The Morgan fingerprint density at radius 3 is 2.76 bits per heavy atom. The fraction of sp³-hybridized carbons (Fsp3) is 0.529. The van der Waals surface area contributed by atoms with Gasteiger partial charge >= 0.3 is 5.97 Å². The van der Waals surface area contributed by atoms with Crippen LogP contribution in [-0.4, -0.2) is 34.5 Å². The lowest BCUT2D eigenvalue weighted by Crippen LogP contribution is -2.49. The van der Waals surface area contributed by atoms with Gasteiger partial charge in [-0.2, -0.15) is 0 Å². The molecule has 4 nitrogen and oxygen atoms in total. The topological polar surface area (TPSA) is 57.6 Å². The molecule has 1 amide bonds. The fourth-order valence-electron chi connectivity index (χ4n) is 3.49. The first-order valence-corrected chi connectivity index (χ1v) is 7.72. The molecule has 1 fully saturated rings. The number of fused-ring (bicyclic) bond motifs is 1. The number of carboxylic acids is 1. The fourth-order valence-corrected chi connectivity index (χ4v) is 3.49. The Morgan fingerprint density at radius 2 is 2.00 bits per heavy atom. The van der Waals surface area contributed by atoms with Gasteiger partial charge in [0.25, 0.3) is 5.91 Å². The van der Waals surface area contributed by atoms with Crippen LogP contribution in [0.4, 0.5) is 0 Å². The summed E-state index contributed by atoms with van der Waals surface area (Å²) in [4.78, 5) is 25.7. The van der Waals surface area contributed by atoms with E-state index in [0.717, 1.165) is 25.7 Å². The number of rotatable bonds is 2. The Hall–Kier alpha value is -1.84. The third-order valence-corrected chi connectivity index (χ3v) is 4.76. The highest BCUT2D eigenvalue weighted by molar-refractivity contribution is 5.97. The zero-order valence-corrected chi connectivity index (χ0v) is 12.3. The van der Waals surface area contributed by atoms with E-state index in [1.165, 1.54) is 11.1 Å². The minimum atomic E-state index is -0.893. The van der Waals surface area contributed by atoms with E-state index in [1.54, 1.807) is 4.90 Å². The van der Waals surface area contributed by atoms with Gasteiger partial charge in [0.15, 0.2) is 0 Å². The minimum Gasteiger partial charge on any atom is -0.480 e. The summed E-state index contributed by atoms with van der Waals surface area (Å²) in [6.07, 6.45) is 4.68. The van der Waals surface area contributed by atoms with Crippen molar-refractivity contribution in [3.05, 3.63) is 34.9 Å². The molecule has 1 heterocycles. The van der Waals surface area contributed by atoms with Crippen LogP contribution in [0.1, 0.15) is 47.7 Å². The molecule has 1 N–H and O–H groups in total. The summed E-state index contributed by atoms with van der Waals surface area (Å²) in [5.41, 5.74) is 3.21. The highest BCUT2D eigenvalue weighted by Crippen LogP contribution is 2.27. The highest BCUT2D eigenvalue weighted by atomic mass is 16.4. The van der Waals surface area contributed by atoms with Crippen LogP contribution < -0.4 is 0 Å². The number of nitrogens with zero attached hydrogens (tertiary/aromatic N) is 1. The first-order valence-electron chi connectivity index (χ1n) is 7.72. The predicted octanol–water partition coefficient (Wildman–Crippen LogP) is 2.50. The van der Waals surface area contributed by atoms with E-state index in [9.17, 15) is 14.7 Å². The van der Waals surface area contributed by atoms with Gasteiger partial charge < -0.3 is 10.0 Å². The molecule has 0 bridgehead atoms. The number of amides is 1. The summed E-state index contributed by atoms with van der Waals surface area (Å²) in [6.45, 7) is 2.58. The number of likely N-dealkylation sites (tertiary alicyclic amines) is 1. The Balaban J connectivity index is 1.85. The molecule has 21 heavy (non-hydrogen) atoms. The molecule has 0 radical (unpaired) electrons. The third kappa shape index (κ3) is 2.67. The zero-order valence-electron chi connectivity index (χ0n) is 12.3. The van der Waals surface area contributed by atoms with Crippen LogP contribution in [0.3, 0.4) is 0 Å². The SMILES string of the molecule is CC1CCN(C(=O)c2ccc3c(c2)CCC3)C(C(=O)O)C1. The average Bonchev–Trinajstić information content (AvgIpc) is 2.93. The lowest BCUT2D eigenvalue weighted by Gasteiger charge is -2.36. The van der Waals surface area contributed by atoms with E-state index in [4.69, 9.17) is 0 Å². The number of piperidine rings is 1. The number of benzene rings is 1. The quantitative estimate of drug-likeness (QED) is 0.909. The maximum absolute atomic E-state index is 12.7. The van der Waals surface area contributed by atoms with Crippen molar-refractivity contribution in [1.29, 1.82) is 0 Å². The van der Waals surface area contributed by atoms with E-state index in [1.807, 2.05) is 25.1 Å². The van der Waals surface area contributed by atoms with Crippen LogP contribution in [-0.2, 0) is 17.6 Å². The molecule has 1 aliphatic carbocycles. The number of carboxylic acid groups (broad SMARTS) is 1. The zero-order chi connectivity index (χ0) is 15.0. The molecule has 2 aliphatic rings. The molecule has 1 aliphatic heterocycles. The molecule has 0 saturated carbocycles. The number of carbonyl (C=O) groups excluding carboxylic acids is 1. The van der Waals surface area contributed by atoms with E-state index in [0.29, 0.717) is 24.4 Å². The lowest BCUT2D eigenvalue weighted by atomic mass is 9.91. The number of carbonyl (C=O) groups is 2. The summed E-state index contributed by atoms with van der Waals surface area (Å²) < 4.78 is 0. The molecule has 2 atom stereocenters. The van der Waals surface area contributed by atoms with Crippen molar-refractivity contribution in [1.82, 2.24) is 4.90 Å². The lowest BCUT2D eigenvalue weighted by molar-refractivity contribution is -0.144. The summed E-state index contributed by atoms with van der Waals surface area (Å²) >= 11 is 0. The molecule has 3 rings (SSSR count). The maximum atomic E-state index is 12.7. The van der Waals surface area contributed by atoms with Crippen LogP contribution in [0, 0.1) is 5.92 Å². The maximum Gasteiger partial charge on any atom is 0.326 e. The van der Waals surface area contributed by atoms with Crippen LogP contribution >= 0.6 is 0 Å². The van der Waals surface area contributed by atoms with Crippen molar-refractivity contribution in [2.24, 2.45) is 5.92 Å². The number of hydrogen-bond acceptors (Lipinski definition) is 2. The monoisotopic (exact) mass is 287 g/mol. The normalized spacial score (nSPS) is 24.7. The summed E-state index contributed by atoms with van der Waals surface area (Å²) in [6, 6.07) is 5.15. The molecule has 0 spiro atoms. The second kappa shape index (κ2) is 5.51. The van der Waals surface area contributed by atoms with E-state index in [-0.39, 0.29) is 5.91 Å².